The van der Waals surface area contributed by atoms with Crippen LogP contribution in [-0.2, 0) is 11.3 Å². The molecule has 1 aromatic carbocycles. The van der Waals surface area contributed by atoms with Crippen LogP contribution >= 0.6 is 0 Å². The molecule has 1 aliphatic rings. The number of ketones is 1. The van der Waals surface area contributed by atoms with Gasteiger partial charge in [0.2, 0.25) is 0 Å². The van der Waals surface area contributed by atoms with Gasteiger partial charge in [-0.05, 0) is 62.8 Å². The van der Waals surface area contributed by atoms with Crippen LogP contribution in [0.25, 0.3) is 33.3 Å². The Kier molecular flexibility index (Phi) is 5.97. The van der Waals surface area contributed by atoms with E-state index in [-0.39, 0.29) is 11.2 Å². The highest BCUT2D eigenvalue weighted by molar-refractivity contribution is 5.99. The minimum absolute atomic E-state index is 0.0227. The topological polar surface area (TPSA) is 79.4 Å². The Morgan fingerprint density at radius 2 is 1.94 bits per heavy atom. The molecule has 3 aromatic heterocycles. The molecule has 0 aliphatic carbocycles. The van der Waals surface area contributed by atoms with Crippen LogP contribution in [0.15, 0.2) is 41.2 Å². The second-order valence-corrected chi connectivity index (χ2v) is 9.86. The molecule has 1 fully saturated rings. The van der Waals surface area contributed by atoms with E-state index in [9.17, 15) is 4.79 Å². The first-order valence-corrected chi connectivity index (χ1v) is 12.0. The molecule has 0 N–H and O–H groups in total. The van der Waals surface area contributed by atoms with Gasteiger partial charge in [0.05, 0.1) is 29.4 Å². The minimum atomic E-state index is -0.0227. The van der Waals surface area contributed by atoms with Crippen molar-refractivity contribution in [2.45, 2.75) is 47.1 Å². The quantitative estimate of drug-likeness (QED) is 0.319. The summed E-state index contributed by atoms with van der Waals surface area (Å²) >= 11 is 0. The normalized spacial score (nSPS) is 15.5. The van der Waals surface area contributed by atoms with Crippen LogP contribution in [0.5, 0.6) is 5.75 Å². The Morgan fingerprint density at radius 1 is 1.17 bits per heavy atom. The number of methoxy groups -OCH3 is 1. The van der Waals surface area contributed by atoms with Crippen molar-refractivity contribution >= 4 is 16.8 Å². The van der Waals surface area contributed by atoms with E-state index < -0.39 is 0 Å². The lowest BCUT2D eigenvalue weighted by Gasteiger charge is -2.34. The molecule has 7 heteroatoms. The molecule has 35 heavy (non-hydrogen) atoms. The van der Waals surface area contributed by atoms with E-state index in [2.05, 4.69) is 28.9 Å². The molecule has 0 bridgehead atoms. The zero-order chi connectivity index (χ0) is 24.7. The number of aromatic nitrogens is 3. The predicted molar refractivity (Wildman–Crippen MR) is 135 cm³/mol. The highest BCUT2D eigenvalue weighted by Gasteiger charge is 2.29. The van der Waals surface area contributed by atoms with Gasteiger partial charge in [-0.25, -0.2) is 0 Å². The lowest BCUT2D eigenvalue weighted by Crippen LogP contribution is -2.30. The lowest BCUT2D eigenvalue weighted by molar-refractivity contribution is 0.0161. The monoisotopic (exact) mass is 473 g/mol. The smallest absolute Gasteiger partial charge is 0.163 e. The maximum absolute atomic E-state index is 12.0. The molecule has 5 rings (SSSR count). The molecule has 1 saturated heterocycles. The zero-order valence-electron chi connectivity index (χ0n) is 21.0. The standard InChI is InChI=1S/C28H31N3O4/c1-17-26(19(3)35-30-17)21-12-24-27(29-14-21)23(15-31(24)16-28(4)8-10-34-11-9-28)20-6-7-22(18(2)32)25(13-20)33-5/h6-7,12-15H,8-11,16H2,1-5H3. The first-order chi connectivity index (χ1) is 16.8. The molecule has 182 valence electrons. The Labute approximate surface area is 205 Å². The number of rotatable bonds is 6. The fraction of sp³-hybridized carbons (Fsp3) is 0.393. The second kappa shape index (κ2) is 8.96. The Balaban J connectivity index is 1.68. The summed E-state index contributed by atoms with van der Waals surface area (Å²) in [7, 11) is 1.59. The number of nitrogens with zero attached hydrogens (tertiary/aromatic N) is 3. The van der Waals surface area contributed by atoms with Crippen LogP contribution < -0.4 is 4.74 Å². The third kappa shape index (κ3) is 4.25. The number of hydrogen-bond acceptors (Lipinski definition) is 6. The van der Waals surface area contributed by atoms with Crippen molar-refractivity contribution in [2.75, 3.05) is 20.3 Å². The van der Waals surface area contributed by atoms with Gasteiger partial charge in [0.25, 0.3) is 0 Å². The molecule has 0 saturated carbocycles. The van der Waals surface area contributed by atoms with Crippen molar-refractivity contribution in [3.63, 3.8) is 0 Å². The summed E-state index contributed by atoms with van der Waals surface area (Å²) < 4.78 is 18.9. The summed E-state index contributed by atoms with van der Waals surface area (Å²) in [5, 5.41) is 4.13. The summed E-state index contributed by atoms with van der Waals surface area (Å²) in [6.45, 7) is 10.2. The first-order valence-electron chi connectivity index (χ1n) is 12.0. The predicted octanol–water partition coefficient (Wildman–Crippen LogP) is 6.00. The van der Waals surface area contributed by atoms with Crippen molar-refractivity contribution < 1.29 is 18.8 Å². The van der Waals surface area contributed by atoms with Gasteiger partial charge in [-0.15, -0.1) is 0 Å². The summed E-state index contributed by atoms with van der Waals surface area (Å²) in [4.78, 5) is 17.0. The lowest BCUT2D eigenvalue weighted by atomic mass is 9.82. The van der Waals surface area contributed by atoms with Crippen molar-refractivity contribution in [3.8, 4) is 28.0 Å². The van der Waals surface area contributed by atoms with Crippen LogP contribution in [-0.4, -0.2) is 40.8 Å². The highest BCUT2D eigenvalue weighted by atomic mass is 16.5. The summed E-state index contributed by atoms with van der Waals surface area (Å²) in [6.07, 6.45) is 6.10. The molecule has 4 heterocycles. The molecule has 0 radical (unpaired) electrons. The summed E-state index contributed by atoms with van der Waals surface area (Å²) in [5.74, 6) is 1.33. The number of ether oxygens (including phenoxy) is 2. The van der Waals surface area contributed by atoms with E-state index in [0.29, 0.717) is 11.3 Å². The molecule has 7 nitrogen and oxygen atoms in total. The van der Waals surface area contributed by atoms with Gasteiger partial charge in [-0.1, -0.05) is 18.1 Å². The number of benzene rings is 1. The van der Waals surface area contributed by atoms with Crippen LogP contribution in [0.1, 0.15) is 48.5 Å². The van der Waals surface area contributed by atoms with E-state index in [1.54, 1.807) is 14.0 Å². The third-order valence-corrected chi connectivity index (χ3v) is 7.18. The Bertz CT molecular complexity index is 1390. The number of Topliss-reactive ketones (excluding diaryl/α,β-unsaturated/α-hetero) is 1. The van der Waals surface area contributed by atoms with Gasteiger partial charge in [-0.3, -0.25) is 9.78 Å². The molecular formula is C28H31N3O4. The maximum atomic E-state index is 12.0. The largest absolute Gasteiger partial charge is 0.496 e. The number of fused-ring (bicyclic) bond motifs is 1. The van der Waals surface area contributed by atoms with Crippen molar-refractivity contribution in [3.05, 3.63) is 53.7 Å². The molecule has 1 aliphatic heterocycles. The number of carbonyl (C=O) groups is 1. The maximum Gasteiger partial charge on any atom is 0.163 e. The molecular weight excluding hydrogens is 442 g/mol. The number of pyridine rings is 1. The van der Waals surface area contributed by atoms with Crippen molar-refractivity contribution in [1.29, 1.82) is 0 Å². The summed E-state index contributed by atoms with van der Waals surface area (Å²) in [6, 6.07) is 7.91. The van der Waals surface area contributed by atoms with Crippen molar-refractivity contribution in [1.82, 2.24) is 14.7 Å². The molecule has 0 amide bonds. The van der Waals surface area contributed by atoms with Gasteiger partial charge in [0.15, 0.2) is 5.78 Å². The molecule has 4 aromatic rings. The third-order valence-electron chi connectivity index (χ3n) is 7.18. The Hall–Kier alpha value is -3.45. The molecule has 0 unspecified atom stereocenters. The second-order valence-electron chi connectivity index (χ2n) is 9.86. The van der Waals surface area contributed by atoms with Gasteiger partial charge in [-0.2, -0.15) is 0 Å². The van der Waals surface area contributed by atoms with Crippen molar-refractivity contribution in [2.24, 2.45) is 5.41 Å². The number of hydrogen-bond donors (Lipinski definition) is 0. The van der Waals surface area contributed by atoms with E-state index in [0.717, 1.165) is 77.3 Å². The van der Waals surface area contributed by atoms with Gasteiger partial charge < -0.3 is 18.6 Å². The van der Waals surface area contributed by atoms with Crippen LogP contribution in [0.3, 0.4) is 0 Å². The van der Waals surface area contributed by atoms with Gasteiger partial charge >= 0.3 is 0 Å². The van der Waals surface area contributed by atoms with E-state index in [1.165, 1.54) is 0 Å². The average Bonchev–Trinajstić information content (AvgIpc) is 3.37. The fourth-order valence-electron chi connectivity index (χ4n) is 5.12. The Morgan fingerprint density at radius 3 is 2.60 bits per heavy atom. The van der Waals surface area contributed by atoms with Crippen LogP contribution in [0, 0.1) is 19.3 Å². The van der Waals surface area contributed by atoms with E-state index in [1.807, 2.05) is 38.2 Å². The SMILES string of the molecule is COc1cc(-c2cn(CC3(C)CCOCC3)c3cc(-c4c(C)noc4C)cnc23)ccc1C(C)=O. The van der Waals surface area contributed by atoms with Gasteiger partial charge in [0, 0.05) is 48.8 Å². The number of aryl methyl sites for hydroxylation is 2. The number of carbonyl (C=O) groups excluding carboxylic acids is 1. The van der Waals surface area contributed by atoms with E-state index in [4.69, 9.17) is 19.0 Å². The highest BCUT2D eigenvalue weighted by Crippen LogP contribution is 2.39. The average molecular weight is 474 g/mol. The van der Waals surface area contributed by atoms with Gasteiger partial charge in [0.1, 0.15) is 11.5 Å². The zero-order valence-corrected chi connectivity index (χ0v) is 21.0. The first kappa shape index (κ1) is 23.3. The van der Waals surface area contributed by atoms with E-state index >= 15 is 0 Å². The fourth-order valence-corrected chi connectivity index (χ4v) is 5.12. The summed E-state index contributed by atoms with van der Waals surface area (Å²) in [5.41, 5.74) is 7.47. The van der Waals surface area contributed by atoms with Crippen LogP contribution in [0.4, 0.5) is 0 Å². The molecule has 0 atom stereocenters. The minimum Gasteiger partial charge on any atom is -0.496 e. The van der Waals surface area contributed by atoms with Crippen LogP contribution in [0.2, 0.25) is 0 Å². The molecule has 0 spiro atoms.